The predicted molar refractivity (Wildman–Crippen MR) is 38.5 cm³/mol. The Morgan fingerprint density at radius 1 is 1.90 bits per heavy atom. The van der Waals surface area contributed by atoms with E-state index >= 15 is 0 Å². The van der Waals surface area contributed by atoms with Gasteiger partial charge in [0.05, 0.1) is 12.5 Å². The highest BCUT2D eigenvalue weighted by Gasteiger charge is 2.30. The van der Waals surface area contributed by atoms with Crippen LogP contribution in [-0.2, 0) is 9.53 Å². The highest BCUT2D eigenvalue weighted by atomic mass is 16.5. The zero-order valence-electron chi connectivity index (χ0n) is 6.22. The van der Waals surface area contributed by atoms with Gasteiger partial charge in [0.1, 0.15) is 0 Å². The van der Waals surface area contributed by atoms with E-state index in [4.69, 9.17) is 4.74 Å². The summed E-state index contributed by atoms with van der Waals surface area (Å²) in [7, 11) is 0. The Morgan fingerprint density at radius 2 is 2.60 bits per heavy atom. The van der Waals surface area contributed by atoms with Crippen molar-refractivity contribution >= 4 is 5.97 Å². The minimum atomic E-state index is -0.0984. The summed E-state index contributed by atoms with van der Waals surface area (Å²) in [5.41, 5.74) is 1.03. The number of carbonyl (C=O) groups is 1. The fourth-order valence-corrected chi connectivity index (χ4v) is 1.02. The van der Waals surface area contributed by atoms with Gasteiger partial charge >= 0.3 is 5.97 Å². The van der Waals surface area contributed by atoms with Gasteiger partial charge in [0, 0.05) is 0 Å². The molecule has 1 saturated carbocycles. The molecule has 0 amide bonds. The first-order chi connectivity index (χ1) is 4.75. The van der Waals surface area contributed by atoms with E-state index in [0.29, 0.717) is 6.61 Å². The van der Waals surface area contributed by atoms with Crippen LogP contribution in [0, 0.1) is 5.92 Å². The number of hydrogen-bond acceptors (Lipinski definition) is 2. The van der Waals surface area contributed by atoms with Crippen LogP contribution in [0.2, 0.25) is 0 Å². The van der Waals surface area contributed by atoms with Crippen molar-refractivity contribution in [2.45, 2.75) is 19.8 Å². The lowest BCUT2D eigenvalue weighted by Gasteiger charge is -2.26. The van der Waals surface area contributed by atoms with Crippen molar-refractivity contribution in [1.29, 1.82) is 0 Å². The van der Waals surface area contributed by atoms with Gasteiger partial charge in [0.15, 0.2) is 0 Å². The second-order valence-corrected chi connectivity index (χ2v) is 2.50. The Kier molecular flexibility index (Phi) is 2.10. The average Bonchev–Trinajstić information content (AvgIpc) is 1.85. The Morgan fingerprint density at radius 3 is 2.90 bits per heavy atom. The molecule has 0 aromatic carbocycles. The summed E-state index contributed by atoms with van der Waals surface area (Å²) in [5, 5.41) is 0. The van der Waals surface area contributed by atoms with E-state index in [2.05, 4.69) is 6.58 Å². The smallest absolute Gasteiger partial charge is 0.313 e. The maximum atomic E-state index is 11.0. The van der Waals surface area contributed by atoms with E-state index in [1.165, 1.54) is 0 Å². The number of esters is 1. The molecule has 1 aliphatic carbocycles. The van der Waals surface area contributed by atoms with Crippen LogP contribution in [0.4, 0.5) is 0 Å². The number of carbonyl (C=O) groups excluding carboxylic acids is 1. The van der Waals surface area contributed by atoms with Crippen LogP contribution >= 0.6 is 0 Å². The van der Waals surface area contributed by atoms with Crippen molar-refractivity contribution in [3.63, 3.8) is 0 Å². The van der Waals surface area contributed by atoms with E-state index in [1.54, 1.807) is 0 Å². The molecule has 0 unspecified atom stereocenters. The number of ether oxygens (including phenoxy) is 1. The Balaban J connectivity index is 2.34. The third kappa shape index (κ3) is 1.20. The molecule has 0 heterocycles. The molecule has 0 aromatic heterocycles. The second-order valence-electron chi connectivity index (χ2n) is 2.50. The first-order valence-corrected chi connectivity index (χ1v) is 3.60. The molecule has 1 rings (SSSR count). The summed E-state index contributed by atoms with van der Waals surface area (Å²) in [6, 6.07) is 0. The first-order valence-electron chi connectivity index (χ1n) is 3.60. The van der Waals surface area contributed by atoms with Gasteiger partial charge in [-0.05, 0) is 19.8 Å². The van der Waals surface area contributed by atoms with Crippen LogP contribution in [0.3, 0.4) is 0 Å². The van der Waals surface area contributed by atoms with E-state index in [1.807, 2.05) is 6.92 Å². The van der Waals surface area contributed by atoms with Gasteiger partial charge in [0.2, 0.25) is 0 Å². The number of hydrogen-bond donors (Lipinski definition) is 0. The summed E-state index contributed by atoms with van der Waals surface area (Å²) in [6.45, 7) is 6.04. The van der Waals surface area contributed by atoms with Gasteiger partial charge in [-0.15, -0.1) is 0 Å². The molecule has 0 spiro atoms. The van der Waals surface area contributed by atoms with Crippen molar-refractivity contribution in [3.05, 3.63) is 12.2 Å². The first kappa shape index (κ1) is 7.32. The van der Waals surface area contributed by atoms with Gasteiger partial charge in [-0.2, -0.15) is 0 Å². The molecular weight excluding hydrogens is 128 g/mol. The summed E-state index contributed by atoms with van der Waals surface area (Å²) in [4.78, 5) is 11.0. The lowest BCUT2D eigenvalue weighted by Crippen LogP contribution is -2.26. The topological polar surface area (TPSA) is 26.3 Å². The normalized spacial score (nSPS) is 23.7. The zero-order valence-corrected chi connectivity index (χ0v) is 6.22. The van der Waals surface area contributed by atoms with Crippen LogP contribution in [0.15, 0.2) is 12.2 Å². The third-order valence-corrected chi connectivity index (χ3v) is 1.82. The SMILES string of the molecule is C=C1CC[C@@H]1C(=O)OCC. The minimum absolute atomic E-state index is 0.0138. The van der Waals surface area contributed by atoms with Crippen molar-refractivity contribution in [2.75, 3.05) is 6.61 Å². The van der Waals surface area contributed by atoms with Gasteiger partial charge in [-0.25, -0.2) is 0 Å². The molecule has 56 valence electrons. The van der Waals surface area contributed by atoms with Crippen molar-refractivity contribution < 1.29 is 9.53 Å². The molecule has 0 radical (unpaired) electrons. The molecule has 2 heteroatoms. The molecule has 0 saturated heterocycles. The quantitative estimate of drug-likeness (QED) is 0.429. The van der Waals surface area contributed by atoms with Crippen LogP contribution in [0.25, 0.3) is 0 Å². The minimum Gasteiger partial charge on any atom is -0.466 e. The van der Waals surface area contributed by atoms with Crippen molar-refractivity contribution in [1.82, 2.24) is 0 Å². The molecule has 10 heavy (non-hydrogen) atoms. The Labute approximate surface area is 60.9 Å². The average molecular weight is 140 g/mol. The highest BCUT2D eigenvalue weighted by Crippen LogP contribution is 2.32. The molecule has 1 atom stereocenters. The molecule has 0 aliphatic heterocycles. The third-order valence-electron chi connectivity index (χ3n) is 1.82. The van der Waals surface area contributed by atoms with Gasteiger partial charge in [0.25, 0.3) is 0 Å². The molecule has 2 nitrogen and oxygen atoms in total. The summed E-state index contributed by atoms with van der Waals surface area (Å²) in [6.07, 6.45) is 1.92. The molecule has 0 bridgehead atoms. The number of rotatable bonds is 2. The van der Waals surface area contributed by atoms with Crippen LogP contribution in [-0.4, -0.2) is 12.6 Å². The molecule has 0 N–H and O–H groups in total. The summed E-state index contributed by atoms with van der Waals surface area (Å²) in [5.74, 6) is -0.0845. The molecule has 0 aromatic rings. The second kappa shape index (κ2) is 2.86. The predicted octanol–water partition coefficient (Wildman–Crippen LogP) is 1.52. The van der Waals surface area contributed by atoms with Crippen molar-refractivity contribution in [3.8, 4) is 0 Å². The van der Waals surface area contributed by atoms with E-state index < -0.39 is 0 Å². The van der Waals surface area contributed by atoms with E-state index in [-0.39, 0.29) is 11.9 Å². The fraction of sp³-hybridized carbons (Fsp3) is 0.625. The lowest BCUT2D eigenvalue weighted by molar-refractivity contribution is -0.148. The van der Waals surface area contributed by atoms with E-state index in [0.717, 1.165) is 18.4 Å². The maximum absolute atomic E-state index is 11.0. The lowest BCUT2D eigenvalue weighted by atomic mass is 9.81. The van der Waals surface area contributed by atoms with Gasteiger partial charge < -0.3 is 4.74 Å². The van der Waals surface area contributed by atoms with E-state index in [9.17, 15) is 4.79 Å². The monoisotopic (exact) mass is 140 g/mol. The highest BCUT2D eigenvalue weighted by molar-refractivity contribution is 5.77. The van der Waals surface area contributed by atoms with Gasteiger partial charge in [-0.3, -0.25) is 4.79 Å². The standard InChI is InChI=1S/C8H12O2/c1-3-10-8(9)7-5-4-6(7)2/h7H,2-5H2,1H3/t7-/m0/s1. The molecule has 1 aliphatic rings. The Bertz CT molecular complexity index is 161. The van der Waals surface area contributed by atoms with Crippen molar-refractivity contribution in [2.24, 2.45) is 5.92 Å². The largest absolute Gasteiger partial charge is 0.466 e. The summed E-state index contributed by atoms with van der Waals surface area (Å²) >= 11 is 0. The summed E-state index contributed by atoms with van der Waals surface area (Å²) < 4.78 is 4.82. The van der Waals surface area contributed by atoms with Gasteiger partial charge in [-0.1, -0.05) is 12.2 Å². The zero-order chi connectivity index (χ0) is 7.56. The fourth-order valence-electron chi connectivity index (χ4n) is 1.02. The molecule has 1 fully saturated rings. The Hall–Kier alpha value is -0.790. The van der Waals surface area contributed by atoms with Crippen LogP contribution < -0.4 is 0 Å². The van der Waals surface area contributed by atoms with Crippen LogP contribution in [0.5, 0.6) is 0 Å². The maximum Gasteiger partial charge on any atom is 0.313 e. The molecular formula is C8H12O2. The van der Waals surface area contributed by atoms with Crippen LogP contribution in [0.1, 0.15) is 19.8 Å².